The lowest BCUT2D eigenvalue weighted by molar-refractivity contribution is 0.192. The number of halogens is 2. The molecular formula is C20H16ClFN4O. The zero-order valence-corrected chi connectivity index (χ0v) is 15.1. The summed E-state index contributed by atoms with van der Waals surface area (Å²) < 4.78 is 18.7. The Kier molecular flexibility index (Phi) is 4.80. The monoisotopic (exact) mass is 382 g/mol. The molecular weight excluding hydrogens is 367 g/mol. The summed E-state index contributed by atoms with van der Waals surface area (Å²) in [5.74, 6) is 6.66. The van der Waals surface area contributed by atoms with Crippen molar-refractivity contribution < 1.29 is 9.13 Å². The summed E-state index contributed by atoms with van der Waals surface area (Å²) in [6, 6.07) is 8.01. The van der Waals surface area contributed by atoms with Crippen LogP contribution in [0.4, 0.5) is 21.6 Å². The molecule has 0 radical (unpaired) electrons. The van der Waals surface area contributed by atoms with Gasteiger partial charge >= 0.3 is 0 Å². The molecule has 2 heterocycles. The van der Waals surface area contributed by atoms with E-state index in [1.54, 1.807) is 12.1 Å². The summed E-state index contributed by atoms with van der Waals surface area (Å²) in [6.45, 7) is 1.42. The lowest BCUT2D eigenvalue weighted by atomic mass is 10.1. The SMILES string of the molecule is Nc1cc2c(Nc3ccc(F)c(Cl)c3)ncnc2cc1C#C[C@@H]1CCOC1. The maximum atomic E-state index is 13.3. The van der Waals surface area contributed by atoms with Crippen LogP contribution >= 0.6 is 11.6 Å². The van der Waals surface area contributed by atoms with Crippen molar-refractivity contribution in [2.45, 2.75) is 6.42 Å². The van der Waals surface area contributed by atoms with E-state index in [4.69, 9.17) is 22.1 Å². The van der Waals surface area contributed by atoms with Gasteiger partial charge in [-0.2, -0.15) is 0 Å². The van der Waals surface area contributed by atoms with Crippen LogP contribution in [0.25, 0.3) is 10.9 Å². The largest absolute Gasteiger partial charge is 0.398 e. The number of nitrogens with one attached hydrogen (secondary N) is 1. The number of nitrogens with two attached hydrogens (primary N) is 1. The van der Waals surface area contributed by atoms with E-state index in [1.165, 1.54) is 18.5 Å². The van der Waals surface area contributed by atoms with Crippen molar-refractivity contribution >= 4 is 39.7 Å². The number of aromatic nitrogens is 2. The molecule has 1 atom stereocenters. The van der Waals surface area contributed by atoms with Gasteiger partial charge in [-0.1, -0.05) is 23.4 Å². The summed E-state index contributed by atoms with van der Waals surface area (Å²) in [4.78, 5) is 8.58. The maximum absolute atomic E-state index is 13.3. The van der Waals surface area contributed by atoms with E-state index in [1.807, 2.05) is 6.07 Å². The van der Waals surface area contributed by atoms with Gasteiger partial charge in [0.2, 0.25) is 0 Å². The van der Waals surface area contributed by atoms with Crippen LogP contribution in [0.2, 0.25) is 5.02 Å². The molecule has 5 nitrogen and oxygen atoms in total. The highest BCUT2D eigenvalue weighted by Crippen LogP contribution is 2.28. The van der Waals surface area contributed by atoms with Crippen LogP contribution in [-0.2, 0) is 4.74 Å². The van der Waals surface area contributed by atoms with E-state index in [0.29, 0.717) is 29.3 Å². The molecule has 2 aromatic carbocycles. The third-order valence-electron chi connectivity index (χ3n) is 4.33. The Hall–Kier alpha value is -2.88. The van der Waals surface area contributed by atoms with Gasteiger partial charge < -0.3 is 15.8 Å². The Bertz CT molecular complexity index is 1070. The summed E-state index contributed by atoms with van der Waals surface area (Å²) in [6.07, 6.45) is 2.39. The third kappa shape index (κ3) is 3.80. The first kappa shape index (κ1) is 17.5. The highest BCUT2D eigenvalue weighted by Gasteiger charge is 2.13. The first-order chi connectivity index (χ1) is 13.1. The first-order valence-corrected chi connectivity index (χ1v) is 8.83. The average molecular weight is 383 g/mol. The number of anilines is 3. The van der Waals surface area contributed by atoms with E-state index < -0.39 is 5.82 Å². The van der Waals surface area contributed by atoms with E-state index in [0.717, 1.165) is 24.0 Å². The zero-order valence-electron chi connectivity index (χ0n) is 14.3. The van der Waals surface area contributed by atoms with Gasteiger partial charge in [-0.25, -0.2) is 14.4 Å². The fourth-order valence-electron chi connectivity index (χ4n) is 2.87. The van der Waals surface area contributed by atoms with Gasteiger partial charge in [-0.05, 0) is 36.8 Å². The molecule has 3 N–H and O–H groups in total. The highest BCUT2D eigenvalue weighted by molar-refractivity contribution is 6.31. The van der Waals surface area contributed by atoms with Crippen LogP contribution in [0.3, 0.4) is 0 Å². The average Bonchev–Trinajstić information content (AvgIpc) is 3.17. The zero-order chi connectivity index (χ0) is 18.8. The highest BCUT2D eigenvalue weighted by atomic mass is 35.5. The van der Waals surface area contributed by atoms with Crippen molar-refractivity contribution in [2.75, 3.05) is 24.3 Å². The van der Waals surface area contributed by atoms with E-state index in [9.17, 15) is 4.39 Å². The van der Waals surface area contributed by atoms with Crippen LogP contribution in [0.15, 0.2) is 36.7 Å². The second-order valence-corrected chi connectivity index (χ2v) is 6.67. The molecule has 1 aromatic heterocycles. The number of benzene rings is 2. The van der Waals surface area contributed by atoms with E-state index in [-0.39, 0.29) is 10.9 Å². The molecule has 0 spiro atoms. The number of hydrogen-bond acceptors (Lipinski definition) is 5. The molecule has 3 aromatic rings. The summed E-state index contributed by atoms with van der Waals surface area (Å²) >= 11 is 5.84. The predicted octanol–water partition coefficient (Wildman–Crippen LogP) is 4.14. The third-order valence-corrected chi connectivity index (χ3v) is 4.62. The molecule has 0 saturated carbocycles. The van der Waals surface area contributed by atoms with Gasteiger partial charge in [-0.15, -0.1) is 0 Å². The molecule has 0 aliphatic carbocycles. The van der Waals surface area contributed by atoms with Crippen molar-refractivity contribution in [3.8, 4) is 11.8 Å². The number of hydrogen-bond donors (Lipinski definition) is 2. The van der Waals surface area contributed by atoms with E-state index in [2.05, 4.69) is 27.1 Å². The second kappa shape index (κ2) is 7.39. The van der Waals surface area contributed by atoms with Gasteiger partial charge in [0.05, 0.1) is 17.1 Å². The Morgan fingerprint density at radius 2 is 2.15 bits per heavy atom. The number of ether oxygens (including phenoxy) is 1. The fourth-order valence-corrected chi connectivity index (χ4v) is 3.05. The molecule has 27 heavy (non-hydrogen) atoms. The van der Waals surface area contributed by atoms with Crippen molar-refractivity contribution in [2.24, 2.45) is 5.92 Å². The van der Waals surface area contributed by atoms with Crippen LogP contribution in [0.5, 0.6) is 0 Å². The molecule has 1 aliphatic rings. The molecule has 1 fully saturated rings. The Labute approximate surface area is 160 Å². The van der Waals surface area contributed by atoms with Crippen LogP contribution in [0, 0.1) is 23.6 Å². The fraction of sp³-hybridized carbons (Fsp3) is 0.200. The second-order valence-electron chi connectivity index (χ2n) is 6.26. The van der Waals surface area contributed by atoms with Crippen molar-refractivity contribution in [1.29, 1.82) is 0 Å². The van der Waals surface area contributed by atoms with Gasteiger partial charge in [0.15, 0.2) is 0 Å². The van der Waals surface area contributed by atoms with Crippen LogP contribution in [0.1, 0.15) is 12.0 Å². The molecule has 4 rings (SSSR count). The van der Waals surface area contributed by atoms with E-state index >= 15 is 0 Å². The van der Waals surface area contributed by atoms with Crippen LogP contribution < -0.4 is 11.1 Å². The summed E-state index contributed by atoms with van der Waals surface area (Å²) in [5, 5.41) is 3.90. The minimum Gasteiger partial charge on any atom is -0.398 e. The Morgan fingerprint density at radius 1 is 1.26 bits per heavy atom. The van der Waals surface area contributed by atoms with Gasteiger partial charge in [0.1, 0.15) is 18.0 Å². The van der Waals surface area contributed by atoms with Gasteiger partial charge in [-0.3, -0.25) is 0 Å². The molecule has 0 amide bonds. The predicted molar refractivity (Wildman–Crippen MR) is 104 cm³/mol. The number of rotatable bonds is 2. The lowest BCUT2D eigenvalue weighted by Gasteiger charge is -2.10. The maximum Gasteiger partial charge on any atom is 0.141 e. The normalized spacial score (nSPS) is 16.1. The quantitative estimate of drug-likeness (QED) is 0.515. The number of fused-ring (bicyclic) bond motifs is 1. The molecule has 0 unspecified atom stereocenters. The van der Waals surface area contributed by atoms with Crippen molar-refractivity contribution in [1.82, 2.24) is 9.97 Å². The molecule has 136 valence electrons. The first-order valence-electron chi connectivity index (χ1n) is 8.46. The Morgan fingerprint density at radius 3 is 2.93 bits per heavy atom. The molecule has 1 saturated heterocycles. The topological polar surface area (TPSA) is 73.1 Å². The van der Waals surface area contributed by atoms with Gasteiger partial charge in [0, 0.05) is 34.8 Å². The standard InChI is InChI=1S/C20H16ClFN4O/c21-16-8-14(3-4-17(16)22)26-20-15-9-18(23)13(7-19(15)24-11-25-20)2-1-12-5-6-27-10-12/h3-4,7-9,11-12H,5-6,10,23H2,(H,24,25,26)/t12-/m1/s1. The summed E-state index contributed by atoms with van der Waals surface area (Å²) in [5.41, 5.74) is 8.79. The molecule has 7 heteroatoms. The molecule has 0 bridgehead atoms. The number of nitrogens with zero attached hydrogens (tertiary/aromatic N) is 2. The molecule has 1 aliphatic heterocycles. The van der Waals surface area contributed by atoms with Gasteiger partial charge in [0.25, 0.3) is 0 Å². The summed E-state index contributed by atoms with van der Waals surface area (Å²) in [7, 11) is 0. The van der Waals surface area contributed by atoms with Crippen molar-refractivity contribution in [3.05, 3.63) is 53.1 Å². The smallest absolute Gasteiger partial charge is 0.141 e. The minimum absolute atomic E-state index is 0.0336. The Balaban J connectivity index is 1.68. The lowest BCUT2D eigenvalue weighted by Crippen LogP contribution is -1.99. The minimum atomic E-state index is -0.477. The number of nitrogen functional groups attached to an aromatic ring is 1. The van der Waals surface area contributed by atoms with Crippen LogP contribution in [-0.4, -0.2) is 23.2 Å². The van der Waals surface area contributed by atoms with Crippen molar-refractivity contribution in [3.63, 3.8) is 0 Å².